The number of hydrogen-bond acceptors (Lipinski definition) is 4. The molecule has 162 valence electrons. The van der Waals surface area contributed by atoms with Crippen molar-refractivity contribution in [2.45, 2.75) is 45.3 Å². The number of aryl methyl sites for hydroxylation is 1. The van der Waals surface area contributed by atoms with Crippen molar-refractivity contribution in [2.24, 2.45) is 11.7 Å². The number of carbonyl (C=O) groups is 2. The van der Waals surface area contributed by atoms with Crippen molar-refractivity contribution < 1.29 is 22.8 Å². The number of rotatable bonds is 6. The average molecular weight is 460 g/mol. The van der Waals surface area contributed by atoms with Crippen molar-refractivity contribution in [2.75, 3.05) is 10.6 Å². The van der Waals surface area contributed by atoms with Crippen LogP contribution in [-0.4, -0.2) is 17.9 Å². The van der Waals surface area contributed by atoms with E-state index in [1.807, 2.05) is 0 Å². The molecule has 0 saturated carbocycles. The van der Waals surface area contributed by atoms with E-state index < -0.39 is 29.6 Å². The fourth-order valence-corrected chi connectivity index (χ4v) is 4.99. The van der Waals surface area contributed by atoms with Crippen LogP contribution in [0.2, 0.25) is 5.02 Å². The first kappa shape index (κ1) is 22.4. The Hall–Kier alpha value is -2.26. The lowest BCUT2D eigenvalue weighted by molar-refractivity contribution is -0.137. The van der Waals surface area contributed by atoms with E-state index in [1.165, 1.54) is 17.4 Å². The van der Waals surface area contributed by atoms with Gasteiger partial charge < -0.3 is 16.4 Å². The molecule has 30 heavy (non-hydrogen) atoms. The summed E-state index contributed by atoms with van der Waals surface area (Å²) in [6.07, 6.45) is -1.99. The molecule has 5 nitrogen and oxygen atoms in total. The molecule has 4 N–H and O–H groups in total. The number of primary amides is 1. The number of hydrogen-bond donors (Lipinski definition) is 3. The zero-order valence-electron chi connectivity index (χ0n) is 16.3. The monoisotopic (exact) mass is 459 g/mol. The fraction of sp³-hybridized carbons (Fsp3) is 0.400. The number of nitrogens with one attached hydrogen (secondary N) is 2. The van der Waals surface area contributed by atoms with Gasteiger partial charge in [0, 0.05) is 4.88 Å². The number of thiophene rings is 1. The maximum atomic E-state index is 13.0. The topological polar surface area (TPSA) is 84.2 Å². The molecular weight excluding hydrogens is 439 g/mol. The van der Waals surface area contributed by atoms with Gasteiger partial charge in [-0.1, -0.05) is 25.4 Å². The molecule has 1 heterocycles. The van der Waals surface area contributed by atoms with Crippen molar-refractivity contribution in [3.63, 3.8) is 0 Å². The second-order valence-corrected chi connectivity index (χ2v) is 8.99. The van der Waals surface area contributed by atoms with Crippen molar-refractivity contribution >= 4 is 45.4 Å². The Morgan fingerprint density at radius 2 is 1.93 bits per heavy atom. The SMILES string of the molecule is CC(C)C(Nc1ccc(C(F)(F)F)cc1Cl)C(=O)Nc1sc2c(c1C(N)=O)CCC2. The Balaban J connectivity index is 1.83. The first-order valence-corrected chi connectivity index (χ1v) is 10.6. The molecule has 1 aromatic carbocycles. The zero-order chi connectivity index (χ0) is 22.2. The molecule has 2 amide bonds. The second kappa shape index (κ2) is 8.47. The number of anilines is 2. The molecule has 0 radical (unpaired) electrons. The van der Waals surface area contributed by atoms with E-state index in [0.29, 0.717) is 10.6 Å². The molecule has 0 saturated heterocycles. The van der Waals surface area contributed by atoms with Gasteiger partial charge in [0.1, 0.15) is 11.0 Å². The molecule has 1 atom stereocenters. The van der Waals surface area contributed by atoms with Crippen LogP contribution in [0.3, 0.4) is 0 Å². The van der Waals surface area contributed by atoms with Crippen molar-refractivity contribution in [1.82, 2.24) is 0 Å². The lowest BCUT2D eigenvalue weighted by Crippen LogP contribution is -2.39. The highest BCUT2D eigenvalue weighted by Crippen LogP contribution is 2.39. The summed E-state index contributed by atoms with van der Waals surface area (Å²) in [7, 11) is 0. The van der Waals surface area contributed by atoms with Crippen LogP contribution in [0.5, 0.6) is 0 Å². The number of carbonyl (C=O) groups excluding carboxylic acids is 2. The van der Waals surface area contributed by atoms with E-state index >= 15 is 0 Å². The van der Waals surface area contributed by atoms with Crippen LogP contribution in [0.15, 0.2) is 18.2 Å². The molecule has 1 unspecified atom stereocenters. The van der Waals surface area contributed by atoms with Gasteiger partial charge in [-0.15, -0.1) is 11.3 Å². The minimum absolute atomic E-state index is 0.142. The predicted octanol–water partition coefficient (Wildman–Crippen LogP) is 5.08. The fourth-order valence-electron chi connectivity index (χ4n) is 3.45. The van der Waals surface area contributed by atoms with Crippen LogP contribution in [0.4, 0.5) is 23.9 Å². The number of halogens is 4. The smallest absolute Gasteiger partial charge is 0.372 e. The Bertz CT molecular complexity index is 988. The van der Waals surface area contributed by atoms with Gasteiger partial charge in [0.25, 0.3) is 5.91 Å². The van der Waals surface area contributed by atoms with Crippen molar-refractivity contribution in [3.8, 4) is 0 Å². The van der Waals surface area contributed by atoms with Crippen LogP contribution in [0, 0.1) is 5.92 Å². The standard InChI is InChI=1S/C20H21ClF3N3O2S/c1-9(2)16(26-13-7-6-10(8-12(13)21)20(22,23)24)18(29)27-19-15(17(25)28)11-4-3-5-14(11)30-19/h6-9,16,26H,3-5H2,1-2H3,(H2,25,28)(H,27,29). The molecule has 0 bridgehead atoms. The quantitative estimate of drug-likeness (QED) is 0.563. The van der Waals surface area contributed by atoms with Crippen molar-refractivity contribution in [3.05, 3.63) is 44.8 Å². The van der Waals surface area contributed by atoms with Crippen LogP contribution in [0.1, 0.15) is 46.6 Å². The summed E-state index contributed by atoms with van der Waals surface area (Å²) in [5, 5.41) is 5.96. The summed E-state index contributed by atoms with van der Waals surface area (Å²) in [6, 6.07) is 2.12. The van der Waals surface area contributed by atoms with Gasteiger partial charge in [-0.2, -0.15) is 13.2 Å². The van der Waals surface area contributed by atoms with Gasteiger partial charge >= 0.3 is 6.18 Å². The number of nitrogens with two attached hydrogens (primary N) is 1. The predicted molar refractivity (Wildman–Crippen MR) is 112 cm³/mol. The Kier molecular flexibility index (Phi) is 6.33. The molecule has 0 aliphatic heterocycles. The maximum absolute atomic E-state index is 13.0. The largest absolute Gasteiger partial charge is 0.416 e. The third-order valence-corrected chi connectivity index (χ3v) is 6.48. The molecule has 1 aromatic heterocycles. The first-order chi connectivity index (χ1) is 14.0. The summed E-state index contributed by atoms with van der Waals surface area (Å²) >= 11 is 7.35. The van der Waals surface area contributed by atoms with Gasteiger partial charge in [-0.05, 0) is 48.9 Å². The summed E-state index contributed by atoms with van der Waals surface area (Å²) in [6.45, 7) is 3.58. The van der Waals surface area contributed by atoms with Gasteiger partial charge in [0.15, 0.2) is 0 Å². The van der Waals surface area contributed by atoms with E-state index in [9.17, 15) is 22.8 Å². The van der Waals surface area contributed by atoms with Crippen LogP contribution < -0.4 is 16.4 Å². The first-order valence-electron chi connectivity index (χ1n) is 9.37. The summed E-state index contributed by atoms with van der Waals surface area (Å²) < 4.78 is 38.6. The lowest BCUT2D eigenvalue weighted by Gasteiger charge is -2.23. The zero-order valence-corrected chi connectivity index (χ0v) is 17.9. The number of benzene rings is 1. The molecule has 0 spiro atoms. The minimum Gasteiger partial charge on any atom is -0.372 e. The molecule has 1 aliphatic rings. The summed E-state index contributed by atoms with van der Waals surface area (Å²) in [4.78, 5) is 25.9. The lowest BCUT2D eigenvalue weighted by atomic mass is 10.0. The van der Waals surface area contributed by atoms with Crippen molar-refractivity contribution in [1.29, 1.82) is 0 Å². The highest BCUT2D eigenvalue weighted by molar-refractivity contribution is 7.17. The van der Waals surface area contributed by atoms with E-state index in [1.54, 1.807) is 13.8 Å². The number of alkyl halides is 3. The van der Waals surface area contributed by atoms with E-state index in [0.717, 1.165) is 41.8 Å². The Labute approximate surface area is 180 Å². The summed E-state index contributed by atoms with van der Waals surface area (Å²) in [5.74, 6) is -1.24. The van der Waals surface area contributed by atoms with Gasteiger partial charge in [0.2, 0.25) is 5.91 Å². The number of amides is 2. The molecule has 2 aromatic rings. The third kappa shape index (κ3) is 4.57. The van der Waals surface area contributed by atoms with E-state index in [-0.39, 0.29) is 16.6 Å². The minimum atomic E-state index is -4.51. The van der Waals surface area contributed by atoms with Gasteiger partial charge in [-0.3, -0.25) is 9.59 Å². The Morgan fingerprint density at radius 1 is 1.23 bits per heavy atom. The highest BCUT2D eigenvalue weighted by atomic mass is 35.5. The average Bonchev–Trinajstić information content (AvgIpc) is 3.19. The van der Waals surface area contributed by atoms with Crippen LogP contribution in [-0.2, 0) is 23.8 Å². The van der Waals surface area contributed by atoms with Crippen LogP contribution in [0.25, 0.3) is 0 Å². The van der Waals surface area contributed by atoms with Gasteiger partial charge in [0.05, 0.1) is 21.8 Å². The molecule has 0 fully saturated rings. The molecule has 3 rings (SSSR count). The molecular formula is C20H21ClF3N3O2S. The highest BCUT2D eigenvalue weighted by Gasteiger charge is 2.32. The summed E-state index contributed by atoms with van der Waals surface area (Å²) in [5.41, 5.74) is 6.10. The third-order valence-electron chi connectivity index (χ3n) is 4.96. The normalized spacial score (nSPS) is 14.5. The van der Waals surface area contributed by atoms with Crippen LogP contribution >= 0.6 is 22.9 Å². The van der Waals surface area contributed by atoms with Gasteiger partial charge in [-0.25, -0.2) is 0 Å². The second-order valence-electron chi connectivity index (χ2n) is 7.47. The maximum Gasteiger partial charge on any atom is 0.416 e. The molecule has 1 aliphatic carbocycles. The number of fused-ring (bicyclic) bond motifs is 1. The van der Waals surface area contributed by atoms with E-state index in [4.69, 9.17) is 17.3 Å². The Morgan fingerprint density at radius 3 is 2.50 bits per heavy atom. The molecule has 10 heteroatoms. The van der Waals surface area contributed by atoms with E-state index in [2.05, 4.69) is 10.6 Å².